The Morgan fingerprint density at radius 1 is 1.03 bits per heavy atom. The molecule has 1 aliphatic rings. The summed E-state index contributed by atoms with van der Waals surface area (Å²) in [6.07, 6.45) is -4.54. The fourth-order valence-electron chi connectivity index (χ4n) is 3.65. The number of piperazine rings is 1. The first-order valence-corrected chi connectivity index (χ1v) is 11.1. The smallest absolute Gasteiger partial charge is 0.384 e. The van der Waals surface area contributed by atoms with Crippen molar-refractivity contribution in [3.63, 3.8) is 0 Å². The molecule has 1 aliphatic heterocycles. The van der Waals surface area contributed by atoms with Crippen molar-refractivity contribution < 1.29 is 31.6 Å². The molecule has 1 saturated heterocycles. The summed E-state index contributed by atoms with van der Waals surface area (Å²) in [6.45, 7) is 1.84. The summed E-state index contributed by atoms with van der Waals surface area (Å²) in [5.74, 6) is 0. The lowest BCUT2D eigenvalue weighted by atomic mass is 9.93. The number of sulfonamides is 1. The van der Waals surface area contributed by atoms with Gasteiger partial charge in [0.25, 0.3) is 5.69 Å². The summed E-state index contributed by atoms with van der Waals surface area (Å²) in [4.78, 5) is 11.8. The van der Waals surface area contributed by atoms with Gasteiger partial charge in [-0.15, -0.1) is 0 Å². The van der Waals surface area contributed by atoms with Crippen LogP contribution in [0.15, 0.2) is 53.4 Å². The van der Waals surface area contributed by atoms with Crippen LogP contribution in [-0.2, 0) is 21.8 Å². The molecule has 0 bridgehead atoms. The third kappa shape index (κ3) is 5.09. The lowest BCUT2D eigenvalue weighted by Crippen LogP contribution is -2.51. The number of nitro groups is 1. The Labute approximate surface area is 183 Å². The molecular formula is C20H22F3N3O5S. The van der Waals surface area contributed by atoms with Gasteiger partial charge in [-0.05, 0) is 30.7 Å². The standard InChI is InChI=1S/C20H22F3N3O5S/c1-19(27,15-5-4-6-16(13-15)20(21,22)23)14-24-9-11-25(12-10-24)32(30,31)18-8-3-2-7-17(18)26(28)29/h2-8,13,27H,9-12,14H2,1H3/t19-/m0/s1. The van der Waals surface area contributed by atoms with E-state index in [9.17, 15) is 36.8 Å². The Kier molecular flexibility index (Phi) is 6.61. The van der Waals surface area contributed by atoms with Crippen LogP contribution in [0.3, 0.4) is 0 Å². The molecule has 0 aromatic heterocycles. The Morgan fingerprint density at radius 2 is 1.62 bits per heavy atom. The fraction of sp³-hybridized carbons (Fsp3) is 0.400. The van der Waals surface area contributed by atoms with Crippen molar-refractivity contribution in [1.82, 2.24) is 9.21 Å². The predicted octanol–water partition coefficient (Wildman–Crippen LogP) is 2.83. The van der Waals surface area contributed by atoms with Crippen LogP contribution < -0.4 is 0 Å². The van der Waals surface area contributed by atoms with E-state index in [0.717, 1.165) is 22.5 Å². The zero-order valence-corrected chi connectivity index (χ0v) is 17.9. The van der Waals surface area contributed by atoms with Crippen LogP contribution >= 0.6 is 0 Å². The zero-order valence-electron chi connectivity index (χ0n) is 17.1. The Morgan fingerprint density at radius 3 is 2.22 bits per heavy atom. The number of halogens is 3. The van der Waals surface area contributed by atoms with Gasteiger partial charge in [-0.3, -0.25) is 15.0 Å². The van der Waals surface area contributed by atoms with E-state index >= 15 is 0 Å². The minimum atomic E-state index is -4.54. The van der Waals surface area contributed by atoms with Crippen molar-refractivity contribution in [3.05, 3.63) is 69.8 Å². The Bertz CT molecular complexity index is 1100. The highest BCUT2D eigenvalue weighted by atomic mass is 32.2. The van der Waals surface area contributed by atoms with Gasteiger partial charge < -0.3 is 5.11 Å². The van der Waals surface area contributed by atoms with E-state index in [-0.39, 0.29) is 38.3 Å². The molecule has 32 heavy (non-hydrogen) atoms. The highest BCUT2D eigenvalue weighted by molar-refractivity contribution is 7.89. The fourth-order valence-corrected chi connectivity index (χ4v) is 5.23. The summed E-state index contributed by atoms with van der Waals surface area (Å²) in [5, 5.41) is 22.0. The second-order valence-corrected chi connectivity index (χ2v) is 9.66. The average molecular weight is 473 g/mol. The predicted molar refractivity (Wildman–Crippen MR) is 109 cm³/mol. The number of nitro benzene ring substituents is 1. The average Bonchev–Trinajstić information content (AvgIpc) is 2.73. The van der Waals surface area contributed by atoms with Crippen LogP contribution in [0.2, 0.25) is 0 Å². The zero-order chi connectivity index (χ0) is 23.7. The first kappa shape index (κ1) is 24.1. The van der Waals surface area contributed by atoms with Crippen LogP contribution in [0.1, 0.15) is 18.1 Å². The minimum Gasteiger partial charge on any atom is -0.384 e. The highest BCUT2D eigenvalue weighted by Crippen LogP contribution is 2.33. The van der Waals surface area contributed by atoms with Crippen LogP contribution in [0.5, 0.6) is 0 Å². The summed E-state index contributed by atoms with van der Waals surface area (Å²) in [7, 11) is -4.10. The van der Waals surface area contributed by atoms with E-state index in [1.165, 1.54) is 37.3 Å². The molecule has 8 nitrogen and oxygen atoms in total. The van der Waals surface area contributed by atoms with E-state index in [1.54, 1.807) is 4.90 Å². The van der Waals surface area contributed by atoms with Crippen LogP contribution in [0.4, 0.5) is 18.9 Å². The van der Waals surface area contributed by atoms with Crippen LogP contribution in [-0.4, -0.2) is 60.4 Å². The van der Waals surface area contributed by atoms with Gasteiger partial charge in [0.2, 0.25) is 10.0 Å². The third-order valence-electron chi connectivity index (χ3n) is 5.35. The molecule has 174 valence electrons. The van der Waals surface area contributed by atoms with Gasteiger partial charge in [0, 0.05) is 38.8 Å². The van der Waals surface area contributed by atoms with Gasteiger partial charge >= 0.3 is 6.18 Å². The maximum atomic E-state index is 13.0. The molecule has 1 fully saturated rings. The number of para-hydroxylation sites is 1. The van der Waals surface area contributed by atoms with Gasteiger partial charge in [0.1, 0.15) is 0 Å². The number of benzene rings is 2. The van der Waals surface area contributed by atoms with Gasteiger partial charge in [-0.25, -0.2) is 8.42 Å². The molecule has 0 amide bonds. The molecule has 0 aliphatic carbocycles. The molecule has 2 aromatic carbocycles. The molecule has 0 radical (unpaired) electrons. The van der Waals surface area contributed by atoms with E-state index in [1.807, 2.05) is 0 Å². The highest BCUT2D eigenvalue weighted by Gasteiger charge is 2.36. The van der Waals surface area contributed by atoms with Crippen molar-refractivity contribution in [2.24, 2.45) is 0 Å². The second kappa shape index (κ2) is 8.77. The van der Waals surface area contributed by atoms with Crippen LogP contribution in [0, 0.1) is 10.1 Å². The maximum absolute atomic E-state index is 13.0. The SMILES string of the molecule is C[C@](O)(CN1CCN(S(=O)(=O)c2ccccc2[N+](=O)[O-])CC1)c1cccc(C(F)(F)F)c1. The van der Waals surface area contributed by atoms with E-state index in [4.69, 9.17) is 0 Å². The molecule has 12 heteroatoms. The summed E-state index contributed by atoms with van der Waals surface area (Å²) in [5.41, 5.74) is -2.87. The molecule has 0 spiro atoms. The molecule has 1 atom stereocenters. The molecule has 1 N–H and O–H groups in total. The largest absolute Gasteiger partial charge is 0.416 e. The van der Waals surface area contributed by atoms with Crippen molar-refractivity contribution in [2.45, 2.75) is 23.6 Å². The topological polar surface area (TPSA) is 104 Å². The second-order valence-electron chi connectivity index (χ2n) is 7.76. The van der Waals surface area contributed by atoms with Gasteiger partial charge in [0.15, 0.2) is 4.90 Å². The van der Waals surface area contributed by atoms with E-state index in [0.29, 0.717) is 0 Å². The lowest BCUT2D eigenvalue weighted by molar-refractivity contribution is -0.387. The minimum absolute atomic E-state index is 0.00627. The third-order valence-corrected chi connectivity index (χ3v) is 7.30. The normalized spacial score (nSPS) is 18.3. The first-order chi connectivity index (χ1) is 14.8. The number of rotatable bonds is 6. The van der Waals surface area contributed by atoms with Crippen molar-refractivity contribution >= 4 is 15.7 Å². The first-order valence-electron chi connectivity index (χ1n) is 9.68. The molecule has 0 saturated carbocycles. The number of alkyl halides is 3. The van der Waals surface area contributed by atoms with Crippen LogP contribution in [0.25, 0.3) is 0 Å². The Hall–Kier alpha value is -2.54. The van der Waals surface area contributed by atoms with Gasteiger partial charge in [-0.1, -0.05) is 24.3 Å². The number of hydrogen-bond acceptors (Lipinski definition) is 6. The van der Waals surface area contributed by atoms with E-state index < -0.39 is 42.9 Å². The Balaban J connectivity index is 1.71. The molecule has 2 aromatic rings. The molecular weight excluding hydrogens is 451 g/mol. The monoisotopic (exact) mass is 473 g/mol. The van der Waals surface area contributed by atoms with Crippen molar-refractivity contribution in [1.29, 1.82) is 0 Å². The quantitative estimate of drug-likeness (QED) is 0.511. The van der Waals surface area contributed by atoms with Crippen molar-refractivity contribution in [3.8, 4) is 0 Å². The molecule has 3 rings (SSSR count). The number of aliphatic hydroxyl groups is 1. The van der Waals surface area contributed by atoms with Crippen molar-refractivity contribution in [2.75, 3.05) is 32.7 Å². The van der Waals surface area contributed by atoms with E-state index in [2.05, 4.69) is 0 Å². The maximum Gasteiger partial charge on any atom is 0.416 e. The summed E-state index contributed by atoms with van der Waals surface area (Å²) in [6, 6.07) is 9.54. The number of hydrogen-bond donors (Lipinski definition) is 1. The number of nitrogens with zero attached hydrogens (tertiary/aromatic N) is 3. The molecule has 1 heterocycles. The molecule has 0 unspecified atom stereocenters. The lowest BCUT2D eigenvalue weighted by Gasteiger charge is -2.38. The number of β-amino-alcohol motifs (C(OH)–C–C–N with tert-alkyl or cyclic N) is 1. The summed E-state index contributed by atoms with van der Waals surface area (Å²) >= 11 is 0. The van der Waals surface area contributed by atoms with Gasteiger partial charge in [-0.2, -0.15) is 17.5 Å². The van der Waals surface area contributed by atoms with Gasteiger partial charge in [0.05, 0.1) is 16.1 Å². The summed E-state index contributed by atoms with van der Waals surface area (Å²) < 4.78 is 65.9.